The molecule has 1 N–H and O–H groups in total. The summed E-state index contributed by atoms with van der Waals surface area (Å²) in [7, 11) is 0. The van der Waals surface area contributed by atoms with E-state index in [1.807, 2.05) is 6.92 Å². The van der Waals surface area contributed by atoms with Gasteiger partial charge in [-0.05, 0) is 19.1 Å². The number of aliphatic hydroxyl groups is 1. The number of amides is 2. The predicted molar refractivity (Wildman–Crippen MR) is 100 cm³/mol. The Morgan fingerprint density at radius 1 is 1.44 bits per heavy atom. The highest BCUT2D eigenvalue weighted by Gasteiger charge is 2.32. The lowest BCUT2D eigenvalue weighted by atomic mass is 10.2. The third-order valence-electron chi connectivity index (χ3n) is 3.72. The molecule has 1 aromatic carbocycles. The van der Waals surface area contributed by atoms with E-state index in [9.17, 15) is 14.0 Å². The van der Waals surface area contributed by atoms with Crippen molar-refractivity contribution in [3.8, 4) is 0 Å². The van der Waals surface area contributed by atoms with Crippen molar-refractivity contribution in [2.24, 2.45) is 0 Å². The minimum Gasteiger partial charge on any atom is -0.395 e. The number of carbonyl (C=O) groups is 2. The number of carbonyl (C=O) groups excluding carboxylic acids is 2. The highest BCUT2D eigenvalue weighted by atomic mass is 32.2. The van der Waals surface area contributed by atoms with Crippen LogP contribution in [0.15, 0.2) is 29.2 Å². The van der Waals surface area contributed by atoms with Crippen molar-refractivity contribution in [3.63, 3.8) is 0 Å². The van der Waals surface area contributed by atoms with Crippen LogP contribution < -0.4 is 0 Å². The molecule has 1 saturated heterocycles. The maximum absolute atomic E-state index is 13.7. The van der Waals surface area contributed by atoms with Gasteiger partial charge in [0.15, 0.2) is 0 Å². The molecule has 5 nitrogen and oxygen atoms in total. The van der Waals surface area contributed by atoms with Gasteiger partial charge in [0.25, 0.3) is 5.91 Å². The van der Waals surface area contributed by atoms with Crippen molar-refractivity contribution in [2.75, 3.05) is 26.2 Å². The van der Waals surface area contributed by atoms with Gasteiger partial charge in [-0.15, -0.1) is 0 Å². The number of aliphatic hydroxyl groups excluding tert-OH is 1. The molecule has 1 aliphatic heterocycles. The van der Waals surface area contributed by atoms with Crippen molar-refractivity contribution >= 4 is 46.2 Å². The van der Waals surface area contributed by atoms with Gasteiger partial charge in [-0.3, -0.25) is 14.5 Å². The number of rotatable bonds is 7. The van der Waals surface area contributed by atoms with E-state index in [0.717, 1.165) is 11.8 Å². The van der Waals surface area contributed by atoms with Gasteiger partial charge in [0.05, 0.1) is 11.5 Å². The molecular formula is C17H19FN2O3S2. The Balaban J connectivity index is 2.04. The van der Waals surface area contributed by atoms with Crippen molar-refractivity contribution < 1.29 is 19.1 Å². The van der Waals surface area contributed by atoms with Gasteiger partial charge in [-0.25, -0.2) is 4.39 Å². The number of likely N-dealkylation sites (N-methyl/N-ethyl adjacent to an activating group) is 1. The molecular weight excluding hydrogens is 363 g/mol. The lowest BCUT2D eigenvalue weighted by Gasteiger charge is -2.21. The van der Waals surface area contributed by atoms with Crippen LogP contribution in [0.4, 0.5) is 4.39 Å². The van der Waals surface area contributed by atoms with Gasteiger partial charge in [0.1, 0.15) is 10.1 Å². The number of benzene rings is 1. The largest absolute Gasteiger partial charge is 0.395 e. The van der Waals surface area contributed by atoms with Gasteiger partial charge >= 0.3 is 0 Å². The van der Waals surface area contributed by atoms with E-state index >= 15 is 0 Å². The average molecular weight is 382 g/mol. The monoisotopic (exact) mass is 382 g/mol. The first-order valence-electron chi connectivity index (χ1n) is 7.86. The van der Waals surface area contributed by atoms with Crippen LogP contribution in [0.25, 0.3) is 6.08 Å². The Labute approximate surface area is 155 Å². The molecule has 0 spiro atoms. The minimum absolute atomic E-state index is 0.105. The van der Waals surface area contributed by atoms with E-state index in [1.165, 1.54) is 21.9 Å². The second kappa shape index (κ2) is 9.07. The third-order valence-corrected chi connectivity index (χ3v) is 5.10. The van der Waals surface area contributed by atoms with Gasteiger partial charge < -0.3 is 10.0 Å². The first-order valence-corrected chi connectivity index (χ1v) is 9.09. The van der Waals surface area contributed by atoms with Crippen molar-refractivity contribution in [3.05, 3.63) is 40.6 Å². The molecule has 0 unspecified atom stereocenters. The van der Waals surface area contributed by atoms with Crippen LogP contribution in [0.1, 0.15) is 18.9 Å². The topological polar surface area (TPSA) is 60.9 Å². The molecule has 1 aliphatic rings. The number of hydrogen-bond acceptors (Lipinski definition) is 5. The van der Waals surface area contributed by atoms with E-state index in [2.05, 4.69) is 0 Å². The summed E-state index contributed by atoms with van der Waals surface area (Å²) in [5.74, 6) is -0.884. The lowest BCUT2D eigenvalue weighted by Crippen LogP contribution is -2.37. The maximum atomic E-state index is 13.7. The Hall–Kier alpha value is -1.77. The normalized spacial score (nSPS) is 16.0. The van der Waals surface area contributed by atoms with Crippen LogP contribution in [0, 0.1) is 5.82 Å². The summed E-state index contributed by atoms with van der Waals surface area (Å²) in [6.07, 6.45) is 1.59. The van der Waals surface area contributed by atoms with Crippen molar-refractivity contribution in [1.29, 1.82) is 0 Å². The van der Waals surface area contributed by atoms with E-state index < -0.39 is 5.82 Å². The fraction of sp³-hybridized carbons (Fsp3) is 0.353. The van der Waals surface area contributed by atoms with E-state index in [0.29, 0.717) is 21.3 Å². The van der Waals surface area contributed by atoms with Gasteiger partial charge in [-0.2, -0.15) is 0 Å². The second-order valence-electron chi connectivity index (χ2n) is 5.30. The molecule has 0 saturated carbocycles. The number of thioether (sulfide) groups is 1. The standard InChI is InChI=1S/C17H19FN2O3S2/c1-2-19(9-10-21)15(22)7-8-20-16(23)14(25-17(20)24)11-12-5-3-4-6-13(12)18/h3-6,11,21H,2,7-10H2,1H3. The molecule has 0 aromatic heterocycles. The zero-order valence-corrected chi connectivity index (χ0v) is 15.4. The molecule has 0 radical (unpaired) electrons. The molecule has 0 bridgehead atoms. The van der Waals surface area contributed by atoms with Crippen LogP contribution in [0.3, 0.4) is 0 Å². The summed E-state index contributed by atoms with van der Waals surface area (Å²) in [4.78, 5) is 27.8. The Morgan fingerprint density at radius 2 is 2.16 bits per heavy atom. The van der Waals surface area contributed by atoms with Crippen LogP contribution >= 0.6 is 24.0 Å². The fourth-order valence-electron chi connectivity index (χ4n) is 2.37. The average Bonchev–Trinajstić information content (AvgIpc) is 2.86. The summed E-state index contributed by atoms with van der Waals surface area (Å²) in [6.45, 7) is 2.64. The third kappa shape index (κ3) is 4.87. The number of hydrogen-bond donors (Lipinski definition) is 1. The van der Waals surface area contributed by atoms with Crippen LogP contribution in [0.2, 0.25) is 0 Å². The number of nitrogens with zero attached hydrogens (tertiary/aromatic N) is 2. The first-order chi connectivity index (χ1) is 12.0. The SMILES string of the molecule is CCN(CCO)C(=O)CCN1C(=O)C(=Cc2ccccc2F)SC1=S. The number of thiocarbonyl (C=S) groups is 1. The van der Waals surface area contributed by atoms with Crippen LogP contribution in [-0.4, -0.2) is 57.3 Å². The van der Waals surface area contributed by atoms with Gasteiger partial charge in [0, 0.05) is 31.6 Å². The lowest BCUT2D eigenvalue weighted by molar-refractivity contribution is -0.132. The summed E-state index contributed by atoms with van der Waals surface area (Å²) in [5, 5.41) is 8.96. The zero-order valence-electron chi connectivity index (χ0n) is 13.8. The van der Waals surface area contributed by atoms with Gasteiger partial charge in [-0.1, -0.05) is 42.2 Å². The fourth-order valence-corrected chi connectivity index (χ4v) is 3.67. The molecule has 0 atom stereocenters. The van der Waals surface area contributed by atoms with Crippen LogP contribution in [0.5, 0.6) is 0 Å². The minimum atomic E-state index is -0.412. The zero-order chi connectivity index (χ0) is 18.4. The Morgan fingerprint density at radius 3 is 2.80 bits per heavy atom. The molecule has 1 aromatic rings. The first kappa shape index (κ1) is 19.6. The molecule has 1 heterocycles. The molecule has 2 amide bonds. The molecule has 0 aliphatic carbocycles. The molecule has 8 heteroatoms. The number of halogens is 1. The maximum Gasteiger partial charge on any atom is 0.266 e. The molecule has 25 heavy (non-hydrogen) atoms. The highest BCUT2D eigenvalue weighted by Crippen LogP contribution is 2.33. The summed E-state index contributed by atoms with van der Waals surface area (Å²) in [5.41, 5.74) is 0.319. The smallest absolute Gasteiger partial charge is 0.266 e. The van der Waals surface area contributed by atoms with E-state index in [1.54, 1.807) is 18.2 Å². The van der Waals surface area contributed by atoms with E-state index in [4.69, 9.17) is 17.3 Å². The summed E-state index contributed by atoms with van der Waals surface area (Å²) >= 11 is 6.31. The predicted octanol–water partition coefficient (Wildman–Crippen LogP) is 2.26. The van der Waals surface area contributed by atoms with Crippen LogP contribution in [-0.2, 0) is 9.59 Å². The Bertz CT molecular complexity index is 709. The van der Waals surface area contributed by atoms with Crippen molar-refractivity contribution in [2.45, 2.75) is 13.3 Å². The quantitative estimate of drug-likeness (QED) is 0.579. The van der Waals surface area contributed by atoms with Crippen molar-refractivity contribution in [1.82, 2.24) is 9.80 Å². The highest BCUT2D eigenvalue weighted by molar-refractivity contribution is 8.26. The molecule has 1 fully saturated rings. The second-order valence-corrected chi connectivity index (χ2v) is 6.98. The molecule has 2 rings (SSSR count). The van der Waals surface area contributed by atoms with Gasteiger partial charge in [0.2, 0.25) is 5.91 Å². The summed E-state index contributed by atoms with van der Waals surface area (Å²) in [6, 6.07) is 6.18. The molecule has 134 valence electrons. The van der Waals surface area contributed by atoms with E-state index in [-0.39, 0.29) is 37.9 Å². The summed E-state index contributed by atoms with van der Waals surface area (Å²) < 4.78 is 14.1. The Kier molecular flexibility index (Phi) is 7.10.